The third kappa shape index (κ3) is 3.97. The first-order valence-corrected chi connectivity index (χ1v) is 8.73. The van der Waals surface area contributed by atoms with Gasteiger partial charge in [0.25, 0.3) is 0 Å². The molecule has 0 atom stereocenters. The van der Waals surface area contributed by atoms with E-state index in [1.165, 1.54) is 36.8 Å². The number of carbonyl (C=O) groups is 1. The summed E-state index contributed by atoms with van der Waals surface area (Å²) in [5.74, 6) is -0.281. The standard InChI is InChI=1S/C20H18FN3O3/c21-15-4-3-13(18(9-15)27-10-12-1-2-12)7-17-19(24-11-23-17)16-8-14(20(25)26)5-6-22-16/h3-6,8-9,11-12H,1-2,7,10H2,(H,23,24)(H,25,26). The van der Waals surface area contributed by atoms with Crippen LogP contribution in [0.2, 0.25) is 0 Å². The molecular weight excluding hydrogens is 349 g/mol. The van der Waals surface area contributed by atoms with Crippen LogP contribution >= 0.6 is 0 Å². The van der Waals surface area contributed by atoms with Crippen LogP contribution in [0.25, 0.3) is 11.4 Å². The van der Waals surface area contributed by atoms with Gasteiger partial charge in [0.05, 0.1) is 24.2 Å². The Balaban J connectivity index is 1.62. The lowest BCUT2D eigenvalue weighted by molar-refractivity contribution is 0.0697. The van der Waals surface area contributed by atoms with Crippen LogP contribution in [0, 0.1) is 11.7 Å². The summed E-state index contributed by atoms with van der Waals surface area (Å²) in [5, 5.41) is 9.17. The molecule has 6 nitrogen and oxygen atoms in total. The Morgan fingerprint density at radius 3 is 2.89 bits per heavy atom. The highest BCUT2D eigenvalue weighted by molar-refractivity contribution is 5.88. The lowest BCUT2D eigenvalue weighted by atomic mass is 10.1. The fourth-order valence-electron chi connectivity index (χ4n) is 2.86. The molecule has 0 aliphatic heterocycles. The fourth-order valence-corrected chi connectivity index (χ4v) is 2.86. The molecule has 2 aromatic heterocycles. The minimum Gasteiger partial charge on any atom is -0.493 e. The number of H-pyrrole nitrogens is 1. The highest BCUT2D eigenvalue weighted by atomic mass is 19.1. The largest absolute Gasteiger partial charge is 0.493 e. The van der Waals surface area contributed by atoms with Crippen LogP contribution in [0.15, 0.2) is 42.9 Å². The lowest BCUT2D eigenvalue weighted by Gasteiger charge is -2.12. The quantitative estimate of drug-likeness (QED) is 0.665. The number of carboxylic acids is 1. The lowest BCUT2D eigenvalue weighted by Crippen LogP contribution is -2.04. The van der Waals surface area contributed by atoms with Gasteiger partial charge in [0.2, 0.25) is 0 Å². The normalized spacial score (nSPS) is 13.5. The number of imidazole rings is 1. The van der Waals surface area contributed by atoms with Gasteiger partial charge in [-0.1, -0.05) is 6.07 Å². The van der Waals surface area contributed by atoms with E-state index in [9.17, 15) is 14.3 Å². The van der Waals surface area contributed by atoms with Crippen LogP contribution in [0.5, 0.6) is 5.75 Å². The molecule has 138 valence electrons. The van der Waals surface area contributed by atoms with Crippen LogP contribution in [0.1, 0.15) is 34.5 Å². The third-order valence-corrected chi connectivity index (χ3v) is 4.54. The van der Waals surface area contributed by atoms with Crippen LogP contribution in [0.3, 0.4) is 0 Å². The number of ether oxygens (including phenoxy) is 1. The van der Waals surface area contributed by atoms with Crippen molar-refractivity contribution in [1.29, 1.82) is 0 Å². The summed E-state index contributed by atoms with van der Waals surface area (Å²) in [6, 6.07) is 7.41. The summed E-state index contributed by atoms with van der Waals surface area (Å²) in [5.41, 5.74) is 2.76. The predicted molar refractivity (Wildman–Crippen MR) is 96.2 cm³/mol. The Bertz CT molecular complexity index is 982. The average Bonchev–Trinajstić information content (AvgIpc) is 3.38. The van der Waals surface area contributed by atoms with Crippen molar-refractivity contribution in [3.8, 4) is 17.1 Å². The van der Waals surface area contributed by atoms with E-state index in [4.69, 9.17) is 4.74 Å². The molecule has 0 radical (unpaired) electrons. The number of nitrogens with zero attached hydrogens (tertiary/aromatic N) is 2. The Hall–Kier alpha value is -3.22. The van der Waals surface area contributed by atoms with Gasteiger partial charge in [0, 0.05) is 29.9 Å². The van der Waals surface area contributed by atoms with Crippen molar-refractivity contribution >= 4 is 5.97 Å². The number of nitrogens with one attached hydrogen (secondary N) is 1. The molecule has 1 fully saturated rings. The molecule has 1 aliphatic carbocycles. The monoisotopic (exact) mass is 367 g/mol. The number of halogens is 1. The summed E-state index contributed by atoms with van der Waals surface area (Å²) in [6.45, 7) is 0.592. The number of pyridine rings is 1. The molecule has 0 saturated heterocycles. The second kappa shape index (κ2) is 7.19. The molecule has 27 heavy (non-hydrogen) atoms. The topological polar surface area (TPSA) is 88.1 Å². The predicted octanol–water partition coefficient (Wildman–Crippen LogP) is 3.69. The van der Waals surface area contributed by atoms with Crippen molar-refractivity contribution in [3.05, 3.63) is 65.5 Å². The molecule has 2 heterocycles. The van der Waals surface area contributed by atoms with Gasteiger partial charge in [-0.05, 0) is 37.0 Å². The molecule has 3 aromatic rings. The van der Waals surface area contributed by atoms with Crippen molar-refractivity contribution in [2.24, 2.45) is 5.92 Å². The summed E-state index contributed by atoms with van der Waals surface area (Å²) in [4.78, 5) is 22.8. The SMILES string of the molecule is O=C(O)c1ccnc(-c2nc[nH]c2Cc2ccc(F)cc2OCC2CC2)c1. The summed E-state index contributed by atoms with van der Waals surface area (Å²) in [6.07, 6.45) is 5.73. The number of rotatable bonds is 7. The first-order chi connectivity index (χ1) is 13.1. The van der Waals surface area contributed by atoms with Crippen LogP contribution in [-0.2, 0) is 6.42 Å². The molecule has 0 unspecified atom stereocenters. The van der Waals surface area contributed by atoms with E-state index in [0.29, 0.717) is 36.1 Å². The summed E-state index contributed by atoms with van der Waals surface area (Å²) < 4.78 is 19.5. The molecule has 7 heteroatoms. The maximum Gasteiger partial charge on any atom is 0.335 e. The van der Waals surface area contributed by atoms with Gasteiger partial charge in [0.1, 0.15) is 17.3 Å². The number of hydrogen-bond acceptors (Lipinski definition) is 4. The zero-order valence-electron chi connectivity index (χ0n) is 14.5. The molecule has 2 N–H and O–H groups in total. The zero-order chi connectivity index (χ0) is 18.8. The molecule has 4 rings (SSSR count). The number of hydrogen-bond donors (Lipinski definition) is 2. The Kier molecular flexibility index (Phi) is 4.58. The minimum atomic E-state index is -1.02. The van der Waals surface area contributed by atoms with Crippen molar-refractivity contribution < 1.29 is 19.0 Å². The average molecular weight is 367 g/mol. The van der Waals surface area contributed by atoms with E-state index in [1.807, 2.05) is 0 Å². The molecule has 1 aromatic carbocycles. The zero-order valence-corrected chi connectivity index (χ0v) is 14.5. The number of benzene rings is 1. The van der Waals surface area contributed by atoms with Crippen molar-refractivity contribution in [3.63, 3.8) is 0 Å². The summed E-state index contributed by atoms with van der Waals surface area (Å²) >= 11 is 0. The number of aromatic nitrogens is 3. The highest BCUT2D eigenvalue weighted by Crippen LogP contribution is 2.32. The Morgan fingerprint density at radius 2 is 2.11 bits per heavy atom. The van der Waals surface area contributed by atoms with E-state index in [1.54, 1.807) is 6.07 Å². The van der Waals surface area contributed by atoms with Gasteiger partial charge < -0.3 is 14.8 Å². The van der Waals surface area contributed by atoms with Gasteiger partial charge in [-0.2, -0.15) is 0 Å². The second-order valence-electron chi connectivity index (χ2n) is 6.65. The smallest absolute Gasteiger partial charge is 0.335 e. The third-order valence-electron chi connectivity index (χ3n) is 4.54. The number of aromatic carboxylic acids is 1. The van der Waals surface area contributed by atoms with Crippen LogP contribution < -0.4 is 4.74 Å². The van der Waals surface area contributed by atoms with Gasteiger partial charge in [-0.25, -0.2) is 14.2 Å². The second-order valence-corrected chi connectivity index (χ2v) is 6.65. The van der Waals surface area contributed by atoms with E-state index in [2.05, 4.69) is 15.0 Å². The first kappa shape index (κ1) is 17.2. The number of carboxylic acid groups (broad SMARTS) is 1. The van der Waals surface area contributed by atoms with Crippen molar-refractivity contribution in [1.82, 2.24) is 15.0 Å². The maximum atomic E-state index is 13.7. The van der Waals surface area contributed by atoms with Crippen LogP contribution in [0.4, 0.5) is 4.39 Å². The van der Waals surface area contributed by atoms with Gasteiger partial charge in [0.15, 0.2) is 0 Å². The molecule has 1 saturated carbocycles. The molecule has 0 amide bonds. The Morgan fingerprint density at radius 1 is 1.26 bits per heavy atom. The van der Waals surface area contributed by atoms with Gasteiger partial charge in [-0.3, -0.25) is 4.98 Å². The fraction of sp³-hybridized carbons (Fsp3) is 0.250. The Labute approximate surface area is 155 Å². The van der Waals surface area contributed by atoms with Crippen molar-refractivity contribution in [2.45, 2.75) is 19.3 Å². The molecule has 1 aliphatic rings. The van der Waals surface area contributed by atoms with E-state index in [0.717, 1.165) is 24.1 Å². The maximum absolute atomic E-state index is 13.7. The summed E-state index contributed by atoms with van der Waals surface area (Å²) in [7, 11) is 0. The van der Waals surface area contributed by atoms with Gasteiger partial charge >= 0.3 is 5.97 Å². The molecule has 0 bridgehead atoms. The highest BCUT2D eigenvalue weighted by Gasteiger charge is 2.23. The number of aromatic amines is 1. The van der Waals surface area contributed by atoms with E-state index < -0.39 is 5.97 Å². The van der Waals surface area contributed by atoms with E-state index >= 15 is 0 Å². The molecular formula is C20H18FN3O3. The van der Waals surface area contributed by atoms with Crippen LogP contribution in [-0.4, -0.2) is 32.6 Å². The minimum absolute atomic E-state index is 0.143. The van der Waals surface area contributed by atoms with E-state index in [-0.39, 0.29) is 11.4 Å². The van der Waals surface area contributed by atoms with Gasteiger partial charge in [-0.15, -0.1) is 0 Å². The first-order valence-electron chi connectivity index (χ1n) is 8.73. The van der Waals surface area contributed by atoms with Crippen molar-refractivity contribution in [2.75, 3.05) is 6.61 Å². The molecule has 0 spiro atoms.